The van der Waals surface area contributed by atoms with Crippen molar-refractivity contribution in [2.24, 2.45) is 0 Å². The molecule has 1 fully saturated rings. The largest absolute Gasteiger partial charge is 0.301 e. The van der Waals surface area contributed by atoms with Gasteiger partial charge in [-0.3, -0.25) is 4.79 Å². The van der Waals surface area contributed by atoms with Crippen LogP contribution in [-0.2, 0) is 10.2 Å². The van der Waals surface area contributed by atoms with Crippen molar-refractivity contribution < 1.29 is 4.79 Å². The summed E-state index contributed by atoms with van der Waals surface area (Å²) in [6.45, 7) is 6.36. The second kappa shape index (κ2) is 9.02. The molecule has 0 unspecified atom stereocenters. The topological polar surface area (TPSA) is 67.8 Å². The molecule has 3 aromatic rings. The maximum Gasteiger partial charge on any atom is 0.236 e. The number of amides is 1. The van der Waals surface area contributed by atoms with E-state index in [1.54, 1.807) is 0 Å². The number of benzene rings is 1. The molecule has 158 valence electrons. The molecular weight excluding hydrogens is 412 g/mol. The Bertz CT molecular complexity index is 1040. The van der Waals surface area contributed by atoms with E-state index in [-0.39, 0.29) is 11.3 Å². The fraction of sp³-hybridized carbons (Fsp3) is 0.478. The van der Waals surface area contributed by atoms with Crippen LogP contribution in [0.2, 0.25) is 0 Å². The van der Waals surface area contributed by atoms with Crippen LogP contribution in [0.4, 0.5) is 5.13 Å². The minimum atomic E-state index is -0.0586. The van der Waals surface area contributed by atoms with Gasteiger partial charge in [-0.1, -0.05) is 70.0 Å². The Labute approximate surface area is 186 Å². The molecule has 1 aliphatic rings. The van der Waals surface area contributed by atoms with Gasteiger partial charge in [-0.2, -0.15) is 0 Å². The molecule has 1 amide bonds. The van der Waals surface area contributed by atoms with Gasteiger partial charge in [0.15, 0.2) is 5.13 Å². The lowest BCUT2D eigenvalue weighted by molar-refractivity contribution is -0.113. The molecule has 0 spiro atoms. The van der Waals surface area contributed by atoms with Crippen molar-refractivity contribution in [2.45, 2.75) is 69.2 Å². The summed E-state index contributed by atoms with van der Waals surface area (Å²) in [5, 5.41) is 7.51. The molecule has 7 heteroatoms. The molecule has 2 heterocycles. The molecular formula is C23H28N4OS2. The van der Waals surface area contributed by atoms with Crippen molar-refractivity contribution >= 4 is 45.0 Å². The Hall–Kier alpha value is -1.99. The molecule has 1 saturated carbocycles. The van der Waals surface area contributed by atoms with E-state index in [9.17, 15) is 4.79 Å². The molecule has 0 radical (unpaired) electrons. The van der Waals surface area contributed by atoms with Gasteiger partial charge in [-0.05, 0) is 18.9 Å². The van der Waals surface area contributed by atoms with Crippen molar-refractivity contribution in [3.05, 3.63) is 41.2 Å². The second-order valence-corrected chi connectivity index (χ2v) is 10.7. The predicted octanol–water partition coefficient (Wildman–Crippen LogP) is 6.16. The minimum Gasteiger partial charge on any atom is -0.301 e. The Kier molecular flexibility index (Phi) is 6.39. The van der Waals surface area contributed by atoms with Crippen molar-refractivity contribution in [2.75, 3.05) is 11.1 Å². The highest BCUT2D eigenvalue weighted by molar-refractivity contribution is 8.00. The van der Waals surface area contributed by atoms with E-state index in [2.05, 4.69) is 31.1 Å². The summed E-state index contributed by atoms with van der Waals surface area (Å²) in [5.74, 6) is 1.61. The Morgan fingerprint density at radius 2 is 1.90 bits per heavy atom. The van der Waals surface area contributed by atoms with Gasteiger partial charge in [-0.25, -0.2) is 15.0 Å². The van der Waals surface area contributed by atoms with Crippen LogP contribution >= 0.6 is 23.1 Å². The third kappa shape index (κ3) is 5.01. The summed E-state index contributed by atoms with van der Waals surface area (Å²) in [6.07, 6.45) is 6.11. The Morgan fingerprint density at radius 1 is 1.13 bits per heavy atom. The summed E-state index contributed by atoms with van der Waals surface area (Å²) in [4.78, 5) is 26.9. The number of aromatic nitrogens is 3. The number of thioether (sulfide) groups is 1. The number of hydrogen-bond acceptors (Lipinski definition) is 6. The maximum absolute atomic E-state index is 12.6. The smallest absolute Gasteiger partial charge is 0.236 e. The number of carbonyl (C=O) groups excluding carboxylic acids is 1. The van der Waals surface area contributed by atoms with Crippen molar-refractivity contribution in [3.8, 4) is 0 Å². The van der Waals surface area contributed by atoms with Gasteiger partial charge in [0.1, 0.15) is 10.9 Å². The standard InChI is InChI=1S/C23H28N4OS2/c1-23(2,3)18-13-30-22(25-18)26-19(28)14-29-21-16-11-7-8-12-17(16)24-20(27-21)15-9-5-4-6-10-15/h7-8,11-13,15H,4-6,9-10,14H2,1-3H3,(H,25,26,28). The number of anilines is 1. The van der Waals surface area contributed by atoms with E-state index < -0.39 is 0 Å². The number of nitrogens with one attached hydrogen (secondary N) is 1. The number of carbonyl (C=O) groups is 1. The molecule has 0 atom stereocenters. The van der Waals surface area contributed by atoms with Gasteiger partial charge in [0.2, 0.25) is 5.91 Å². The first kappa shape index (κ1) is 21.2. The third-order valence-electron chi connectivity index (χ3n) is 5.41. The van der Waals surface area contributed by atoms with E-state index in [1.807, 2.05) is 29.6 Å². The van der Waals surface area contributed by atoms with Crippen LogP contribution in [0.15, 0.2) is 34.7 Å². The molecule has 0 bridgehead atoms. The highest BCUT2D eigenvalue weighted by Crippen LogP contribution is 2.34. The number of thiazole rings is 1. The molecule has 2 aromatic heterocycles. The second-order valence-electron chi connectivity index (χ2n) is 8.86. The zero-order valence-electron chi connectivity index (χ0n) is 17.8. The lowest BCUT2D eigenvalue weighted by Gasteiger charge is -2.21. The van der Waals surface area contributed by atoms with Gasteiger partial charge in [0.05, 0.1) is 17.0 Å². The predicted molar refractivity (Wildman–Crippen MR) is 126 cm³/mol. The number of fused-ring (bicyclic) bond motifs is 1. The fourth-order valence-electron chi connectivity index (χ4n) is 3.68. The average molecular weight is 441 g/mol. The first-order chi connectivity index (χ1) is 14.4. The van der Waals surface area contributed by atoms with E-state index in [0.717, 1.165) is 40.3 Å². The van der Waals surface area contributed by atoms with Crippen LogP contribution in [0.5, 0.6) is 0 Å². The monoisotopic (exact) mass is 440 g/mol. The zero-order chi connectivity index (χ0) is 21.1. The van der Waals surface area contributed by atoms with Crippen molar-refractivity contribution in [1.82, 2.24) is 15.0 Å². The first-order valence-corrected chi connectivity index (χ1v) is 12.4. The molecule has 0 aliphatic heterocycles. The summed E-state index contributed by atoms with van der Waals surface area (Å²) in [7, 11) is 0. The Balaban J connectivity index is 1.48. The van der Waals surface area contributed by atoms with Crippen LogP contribution in [0.3, 0.4) is 0 Å². The van der Waals surface area contributed by atoms with E-state index >= 15 is 0 Å². The van der Waals surface area contributed by atoms with Crippen LogP contribution in [-0.4, -0.2) is 26.6 Å². The normalized spacial score (nSPS) is 15.4. The van der Waals surface area contributed by atoms with Crippen molar-refractivity contribution in [3.63, 3.8) is 0 Å². The number of nitrogens with zero attached hydrogens (tertiary/aromatic N) is 3. The van der Waals surface area contributed by atoms with Gasteiger partial charge < -0.3 is 5.32 Å². The van der Waals surface area contributed by atoms with E-state index in [0.29, 0.717) is 16.8 Å². The number of para-hydroxylation sites is 1. The van der Waals surface area contributed by atoms with Gasteiger partial charge in [0.25, 0.3) is 0 Å². The molecule has 1 aliphatic carbocycles. The van der Waals surface area contributed by atoms with Gasteiger partial charge in [-0.15, -0.1) is 11.3 Å². The van der Waals surface area contributed by atoms with E-state index in [1.165, 1.54) is 42.4 Å². The minimum absolute atomic E-state index is 0.0242. The van der Waals surface area contributed by atoms with Crippen LogP contribution < -0.4 is 5.32 Å². The Morgan fingerprint density at radius 3 is 2.63 bits per heavy atom. The van der Waals surface area contributed by atoms with Gasteiger partial charge >= 0.3 is 0 Å². The SMILES string of the molecule is CC(C)(C)c1csc(NC(=O)CSc2nc(C3CCCCC3)nc3ccccc23)n1. The van der Waals surface area contributed by atoms with Crippen LogP contribution in [0, 0.1) is 0 Å². The summed E-state index contributed by atoms with van der Waals surface area (Å²) >= 11 is 2.95. The molecule has 1 N–H and O–H groups in total. The molecule has 5 nitrogen and oxygen atoms in total. The van der Waals surface area contributed by atoms with Crippen molar-refractivity contribution in [1.29, 1.82) is 0 Å². The van der Waals surface area contributed by atoms with Crippen LogP contribution in [0.25, 0.3) is 10.9 Å². The highest BCUT2D eigenvalue weighted by atomic mass is 32.2. The fourth-order valence-corrected chi connectivity index (χ4v) is 5.46. The van der Waals surface area contributed by atoms with E-state index in [4.69, 9.17) is 9.97 Å². The molecule has 4 rings (SSSR count). The highest BCUT2D eigenvalue weighted by Gasteiger charge is 2.21. The summed E-state index contributed by atoms with van der Waals surface area (Å²) < 4.78 is 0. The molecule has 1 aromatic carbocycles. The average Bonchev–Trinajstić information content (AvgIpc) is 3.21. The third-order valence-corrected chi connectivity index (χ3v) is 7.16. The maximum atomic E-state index is 12.6. The number of hydrogen-bond donors (Lipinski definition) is 1. The van der Waals surface area contributed by atoms with Gasteiger partial charge in [0, 0.05) is 22.1 Å². The quantitative estimate of drug-likeness (QED) is 0.380. The van der Waals surface area contributed by atoms with Crippen LogP contribution in [0.1, 0.15) is 70.3 Å². The summed E-state index contributed by atoms with van der Waals surface area (Å²) in [6, 6.07) is 8.09. The summed E-state index contributed by atoms with van der Waals surface area (Å²) in [5.41, 5.74) is 1.93. The molecule has 30 heavy (non-hydrogen) atoms. The lowest BCUT2D eigenvalue weighted by atomic mass is 9.88. The molecule has 0 saturated heterocycles. The number of rotatable bonds is 5. The lowest BCUT2D eigenvalue weighted by Crippen LogP contribution is -2.16. The first-order valence-electron chi connectivity index (χ1n) is 10.6. The zero-order valence-corrected chi connectivity index (χ0v) is 19.4.